The van der Waals surface area contributed by atoms with Crippen LogP contribution in [0.1, 0.15) is 75.3 Å². The number of carbonyl (C=O) groups excluding carboxylic acids is 4. The Morgan fingerprint density at radius 1 is 0.889 bits per heavy atom. The van der Waals surface area contributed by atoms with E-state index in [-0.39, 0.29) is 24.3 Å². The van der Waals surface area contributed by atoms with Crippen molar-refractivity contribution in [2.45, 2.75) is 46.0 Å². The minimum Gasteiger partial charge on any atom is -0.462 e. The van der Waals surface area contributed by atoms with Crippen molar-refractivity contribution >= 4 is 29.4 Å². The van der Waals surface area contributed by atoms with E-state index in [0.29, 0.717) is 39.8 Å². The lowest BCUT2D eigenvalue weighted by molar-refractivity contribution is -0.128. The molecular formula is C28H28N2O6. The van der Waals surface area contributed by atoms with E-state index < -0.39 is 23.7 Å². The zero-order valence-corrected chi connectivity index (χ0v) is 20.3. The average molecular weight is 489 g/mol. The molecule has 0 bridgehead atoms. The number of hydrogen-bond donors (Lipinski definition) is 2. The summed E-state index contributed by atoms with van der Waals surface area (Å²) in [6, 6.07) is 13.5. The number of hydroxylamine groups is 1. The first kappa shape index (κ1) is 25.1. The Bertz CT molecular complexity index is 1280. The highest BCUT2D eigenvalue weighted by molar-refractivity contribution is 6.36. The molecule has 1 aromatic carbocycles. The van der Waals surface area contributed by atoms with E-state index in [1.807, 2.05) is 0 Å². The summed E-state index contributed by atoms with van der Waals surface area (Å²) >= 11 is 0. The first-order valence-electron chi connectivity index (χ1n) is 12.1. The molecule has 0 radical (unpaired) electrons. The molecule has 3 amide bonds. The number of nitrogens with one attached hydrogen (secondary N) is 1. The summed E-state index contributed by atoms with van der Waals surface area (Å²) in [5, 5.41) is 8.90. The molecule has 0 saturated heterocycles. The number of rotatable bonds is 9. The Hall–Kier alpha value is -4.04. The van der Waals surface area contributed by atoms with Crippen molar-refractivity contribution in [2.24, 2.45) is 0 Å². The zero-order chi connectivity index (χ0) is 25.8. The van der Waals surface area contributed by atoms with E-state index in [9.17, 15) is 19.2 Å². The number of carbonyl (C=O) groups is 4. The van der Waals surface area contributed by atoms with Gasteiger partial charge in [-0.1, -0.05) is 56.2 Å². The number of esters is 1. The summed E-state index contributed by atoms with van der Waals surface area (Å²) in [6.07, 6.45) is 3.19. The van der Waals surface area contributed by atoms with Gasteiger partial charge in [0.25, 0.3) is 11.8 Å². The standard InChI is InChI=1S/C28H28N2O6/c1-3-5-6-9-20-18-14-12-17(16-23(31)29-35)13-15-19(18)24(28(34)36-4-2)25(20)30-26(32)21-10-7-8-11-22(21)27(30)33/h7-8,10-15,35H,3-6,9,16H2,1-2H3,(H,29,31). The maximum atomic E-state index is 13.5. The molecule has 0 aromatic heterocycles. The second-order valence-corrected chi connectivity index (χ2v) is 8.65. The van der Waals surface area contributed by atoms with E-state index in [0.717, 1.165) is 24.2 Å². The molecule has 1 heterocycles. The minimum absolute atomic E-state index is 0.0566. The highest BCUT2D eigenvalue weighted by Gasteiger charge is 2.42. The number of imide groups is 1. The van der Waals surface area contributed by atoms with Gasteiger partial charge in [-0.2, -0.15) is 0 Å². The molecular weight excluding hydrogens is 460 g/mol. The van der Waals surface area contributed by atoms with Gasteiger partial charge in [0.15, 0.2) is 0 Å². The van der Waals surface area contributed by atoms with Crippen LogP contribution in [0.3, 0.4) is 0 Å². The smallest absolute Gasteiger partial charge is 0.340 e. The second kappa shape index (κ2) is 10.7. The third-order valence-corrected chi connectivity index (χ3v) is 6.35. The van der Waals surface area contributed by atoms with Crippen LogP contribution in [0.15, 0.2) is 48.5 Å². The molecule has 1 aliphatic heterocycles. The highest BCUT2D eigenvalue weighted by atomic mass is 16.5. The van der Waals surface area contributed by atoms with Gasteiger partial charge in [0.05, 0.1) is 35.4 Å². The molecule has 8 nitrogen and oxygen atoms in total. The topological polar surface area (TPSA) is 113 Å². The normalized spacial score (nSPS) is 12.7. The maximum absolute atomic E-state index is 13.5. The fourth-order valence-electron chi connectivity index (χ4n) is 4.70. The molecule has 186 valence electrons. The molecule has 0 saturated carbocycles. The zero-order valence-electron chi connectivity index (χ0n) is 20.3. The number of amides is 3. The number of unbranched alkanes of at least 4 members (excludes halogenated alkanes) is 2. The van der Waals surface area contributed by atoms with E-state index in [1.165, 1.54) is 0 Å². The van der Waals surface area contributed by atoms with Gasteiger partial charge in [-0.3, -0.25) is 19.6 Å². The molecule has 4 rings (SSSR count). The fourth-order valence-corrected chi connectivity index (χ4v) is 4.70. The van der Waals surface area contributed by atoms with Gasteiger partial charge < -0.3 is 4.74 Å². The first-order chi connectivity index (χ1) is 17.4. The molecule has 2 aliphatic carbocycles. The van der Waals surface area contributed by atoms with Crippen molar-refractivity contribution in [1.82, 2.24) is 5.48 Å². The molecule has 8 heteroatoms. The maximum Gasteiger partial charge on any atom is 0.340 e. The molecule has 3 aliphatic rings. The Morgan fingerprint density at radius 3 is 2.11 bits per heavy atom. The van der Waals surface area contributed by atoms with Gasteiger partial charge in [-0.05, 0) is 54.2 Å². The molecule has 0 spiro atoms. The van der Waals surface area contributed by atoms with E-state index in [2.05, 4.69) is 6.92 Å². The monoisotopic (exact) mass is 488 g/mol. The summed E-state index contributed by atoms with van der Waals surface area (Å²) in [5.74, 6) is -2.14. The molecule has 1 aromatic rings. The van der Waals surface area contributed by atoms with Gasteiger partial charge in [0.2, 0.25) is 5.91 Å². The van der Waals surface area contributed by atoms with Crippen LogP contribution in [-0.2, 0) is 22.4 Å². The van der Waals surface area contributed by atoms with Crippen LogP contribution in [0.25, 0.3) is 11.1 Å². The van der Waals surface area contributed by atoms with Crippen molar-refractivity contribution in [1.29, 1.82) is 0 Å². The van der Waals surface area contributed by atoms with Crippen LogP contribution in [-0.4, -0.2) is 35.5 Å². The van der Waals surface area contributed by atoms with E-state index >= 15 is 0 Å². The van der Waals surface area contributed by atoms with Crippen LogP contribution in [0.5, 0.6) is 0 Å². The van der Waals surface area contributed by atoms with Gasteiger partial charge >= 0.3 is 5.97 Å². The van der Waals surface area contributed by atoms with E-state index in [1.54, 1.807) is 60.9 Å². The SMILES string of the molecule is CCCCCc1c2ccc(CC(=O)NO)ccc-2c(C(=O)OCC)c1N1C(=O)c2ccccc2C1=O. The highest BCUT2D eigenvalue weighted by Crippen LogP contribution is 2.46. The molecule has 0 atom stereocenters. The summed E-state index contributed by atoms with van der Waals surface area (Å²) in [4.78, 5) is 53.0. The van der Waals surface area contributed by atoms with Crippen LogP contribution < -0.4 is 10.4 Å². The fraction of sp³-hybridized carbons (Fsp3) is 0.286. The Labute approximate surface area is 209 Å². The summed E-state index contributed by atoms with van der Waals surface area (Å²) < 4.78 is 5.38. The van der Waals surface area contributed by atoms with Gasteiger partial charge in [0, 0.05) is 0 Å². The number of fused-ring (bicyclic) bond motifs is 2. The lowest BCUT2D eigenvalue weighted by Gasteiger charge is -2.18. The average Bonchev–Trinajstić information content (AvgIpc) is 3.20. The largest absolute Gasteiger partial charge is 0.462 e. The number of anilines is 1. The molecule has 36 heavy (non-hydrogen) atoms. The van der Waals surface area contributed by atoms with Gasteiger partial charge in [-0.15, -0.1) is 0 Å². The number of ether oxygens (including phenoxy) is 1. The lowest BCUT2D eigenvalue weighted by atomic mass is 10.0. The van der Waals surface area contributed by atoms with Crippen LogP contribution >= 0.6 is 0 Å². The predicted molar refractivity (Wildman–Crippen MR) is 133 cm³/mol. The van der Waals surface area contributed by atoms with Crippen molar-refractivity contribution in [3.05, 3.63) is 76.3 Å². The summed E-state index contributed by atoms with van der Waals surface area (Å²) in [5.41, 5.74) is 5.21. The quantitative estimate of drug-likeness (QED) is 0.150. The van der Waals surface area contributed by atoms with Crippen LogP contribution in [0.4, 0.5) is 5.69 Å². The molecule has 2 N–H and O–H groups in total. The van der Waals surface area contributed by atoms with Crippen molar-refractivity contribution in [3.8, 4) is 11.1 Å². The van der Waals surface area contributed by atoms with Crippen molar-refractivity contribution in [3.63, 3.8) is 0 Å². The first-order valence-corrected chi connectivity index (χ1v) is 12.1. The summed E-state index contributed by atoms with van der Waals surface area (Å²) in [7, 11) is 0. The number of nitrogens with zero attached hydrogens (tertiary/aromatic N) is 1. The second-order valence-electron chi connectivity index (χ2n) is 8.65. The van der Waals surface area contributed by atoms with Crippen molar-refractivity contribution < 1.29 is 29.1 Å². The predicted octanol–water partition coefficient (Wildman–Crippen LogP) is 4.55. The Balaban J connectivity index is 1.97. The number of benzene rings is 1. The number of hydrogen-bond acceptors (Lipinski definition) is 6. The molecule has 0 fully saturated rings. The third kappa shape index (κ3) is 4.47. The van der Waals surface area contributed by atoms with Crippen LogP contribution in [0, 0.1) is 0 Å². The minimum atomic E-state index is -0.628. The summed E-state index contributed by atoms with van der Waals surface area (Å²) in [6.45, 7) is 3.90. The van der Waals surface area contributed by atoms with Gasteiger partial charge in [0.1, 0.15) is 0 Å². The molecule has 0 unspecified atom stereocenters. The third-order valence-electron chi connectivity index (χ3n) is 6.35. The Morgan fingerprint density at radius 2 is 1.53 bits per heavy atom. The van der Waals surface area contributed by atoms with Gasteiger partial charge in [-0.25, -0.2) is 15.2 Å². The lowest BCUT2D eigenvalue weighted by Crippen LogP contribution is -2.31. The van der Waals surface area contributed by atoms with Crippen LogP contribution in [0.2, 0.25) is 0 Å². The van der Waals surface area contributed by atoms with E-state index in [4.69, 9.17) is 9.94 Å². The van der Waals surface area contributed by atoms with Crippen molar-refractivity contribution in [2.75, 3.05) is 11.5 Å². The Kier molecular flexibility index (Phi) is 7.45.